The van der Waals surface area contributed by atoms with Gasteiger partial charge in [0.15, 0.2) is 11.4 Å². The number of piperidine rings is 1. The highest BCUT2D eigenvalue weighted by atomic mass is 16.5. The Morgan fingerprint density at radius 2 is 1.86 bits per heavy atom. The summed E-state index contributed by atoms with van der Waals surface area (Å²) < 4.78 is 10.7. The average Bonchev–Trinajstić information content (AvgIpc) is 3.03. The van der Waals surface area contributed by atoms with Crippen molar-refractivity contribution in [2.24, 2.45) is 0 Å². The van der Waals surface area contributed by atoms with Crippen molar-refractivity contribution in [2.75, 3.05) is 33.4 Å². The number of unbranched alkanes of at least 4 members (excludes halogenated alkanes) is 1. The van der Waals surface area contributed by atoms with Gasteiger partial charge in [-0.25, -0.2) is 4.79 Å². The lowest BCUT2D eigenvalue weighted by atomic mass is 9.84. The predicted molar refractivity (Wildman–Crippen MR) is 112 cm³/mol. The second kappa shape index (κ2) is 9.46. The minimum absolute atomic E-state index is 0.388. The lowest BCUT2D eigenvalue weighted by Gasteiger charge is -2.38. The van der Waals surface area contributed by atoms with Crippen LogP contribution >= 0.6 is 0 Å². The molecule has 1 saturated heterocycles. The molecule has 3 rings (SSSR count). The Morgan fingerprint density at radius 3 is 2.52 bits per heavy atom. The van der Waals surface area contributed by atoms with Crippen molar-refractivity contribution in [1.82, 2.24) is 9.88 Å². The second-order valence-corrected chi connectivity index (χ2v) is 7.87. The molecule has 0 saturated carbocycles. The minimum atomic E-state index is -0.700. The van der Waals surface area contributed by atoms with Crippen LogP contribution in [-0.2, 0) is 10.3 Å². The summed E-state index contributed by atoms with van der Waals surface area (Å²) in [6.45, 7) is 7.20. The van der Waals surface area contributed by atoms with Crippen LogP contribution in [-0.4, -0.2) is 54.3 Å². The number of H-pyrrole nitrogens is 1. The maximum absolute atomic E-state index is 11.9. The first kappa shape index (κ1) is 21.4. The molecule has 1 fully saturated rings. The van der Waals surface area contributed by atoms with Gasteiger partial charge in [0, 0.05) is 24.3 Å². The highest BCUT2D eigenvalue weighted by Gasteiger charge is 2.33. The number of ether oxygens (including phenoxy) is 2. The Bertz CT molecular complexity index is 808. The number of rotatable bonds is 8. The molecule has 2 heterocycles. The monoisotopic (exact) mass is 400 g/mol. The van der Waals surface area contributed by atoms with E-state index >= 15 is 0 Å². The molecule has 0 atom stereocenters. The SMILES string of the molecule is COC(=O)c1[nH]c(C)c(C)c1OCCCCN1CCC(O)(c2ccccc2)CC1. The van der Waals surface area contributed by atoms with Crippen LogP contribution in [0.15, 0.2) is 30.3 Å². The molecule has 6 heteroatoms. The highest BCUT2D eigenvalue weighted by molar-refractivity contribution is 5.91. The standard InChI is InChI=1S/C23H32N2O4/c1-17-18(2)24-20(22(26)28-3)21(17)29-16-8-7-13-25-14-11-23(27,12-15-25)19-9-5-4-6-10-19/h4-6,9-10,24,27H,7-8,11-16H2,1-3H3. The largest absolute Gasteiger partial charge is 0.491 e. The summed E-state index contributed by atoms with van der Waals surface area (Å²) in [7, 11) is 1.37. The molecule has 1 aliphatic heterocycles. The van der Waals surface area contributed by atoms with E-state index in [1.165, 1.54) is 7.11 Å². The van der Waals surface area contributed by atoms with Gasteiger partial charge in [0.25, 0.3) is 0 Å². The fraction of sp³-hybridized carbons (Fsp3) is 0.522. The highest BCUT2D eigenvalue weighted by Crippen LogP contribution is 2.32. The van der Waals surface area contributed by atoms with Gasteiger partial charge in [0.2, 0.25) is 0 Å². The van der Waals surface area contributed by atoms with Crippen LogP contribution < -0.4 is 4.74 Å². The molecule has 1 aromatic carbocycles. The summed E-state index contributed by atoms with van der Waals surface area (Å²) in [5.41, 5.74) is 2.57. The van der Waals surface area contributed by atoms with Crippen molar-refractivity contribution >= 4 is 5.97 Å². The number of aryl methyl sites for hydroxylation is 1. The maximum atomic E-state index is 11.9. The summed E-state index contributed by atoms with van der Waals surface area (Å²) in [6.07, 6.45) is 3.44. The topological polar surface area (TPSA) is 74.8 Å². The number of aliphatic hydroxyl groups is 1. The molecular weight excluding hydrogens is 368 g/mol. The zero-order valence-electron chi connectivity index (χ0n) is 17.7. The Labute approximate surface area is 172 Å². The smallest absolute Gasteiger partial charge is 0.358 e. The molecule has 0 radical (unpaired) electrons. The third kappa shape index (κ3) is 5.00. The molecule has 0 unspecified atom stereocenters. The van der Waals surface area contributed by atoms with Crippen LogP contribution in [0.25, 0.3) is 0 Å². The van der Waals surface area contributed by atoms with Crippen LogP contribution in [0, 0.1) is 13.8 Å². The number of nitrogens with one attached hydrogen (secondary N) is 1. The molecule has 29 heavy (non-hydrogen) atoms. The van der Waals surface area contributed by atoms with E-state index < -0.39 is 11.6 Å². The molecular formula is C23H32N2O4. The Morgan fingerprint density at radius 1 is 1.17 bits per heavy atom. The molecule has 0 spiro atoms. The normalized spacial score (nSPS) is 16.6. The van der Waals surface area contributed by atoms with Crippen molar-refractivity contribution in [3.8, 4) is 5.75 Å². The number of aromatic amines is 1. The van der Waals surface area contributed by atoms with Gasteiger partial charge in [-0.1, -0.05) is 30.3 Å². The maximum Gasteiger partial charge on any atom is 0.358 e. The van der Waals surface area contributed by atoms with Gasteiger partial charge < -0.3 is 24.5 Å². The van der Waals surface area contributed by atoms with E-state index in [2.05, 4.69) is 9.88 Å². The zero-order chi connectivity index (χ0) is 20.9. The van der Waals surface area contributed by atoms with Crippen molar-refractivity contribution in [2.45, 2.75) is 45.1 Å². The number of hydrogen-bond acceptors (Lipinski definition) is 5. The third-order valence-corrected chi connectivity index (χ3v) is 5.94. The van der Waals surface area contributed by atoms with Crippen LogP contribution in [0.4, 0.5) is 0 Å². The van der Waals surface area contributed by atoms with Gasteiger partial charge in [-0.2, -0.15) is 0 Å². The van der Waals surface area contributed by atoms with E-state index in [-0.39, 0.29) is 0 Å². The average molecular weight is 401 g/mol. The first-order valence-electron chi connectivity index (χ1n) is 10.3. The van der Waals surface area contributed by atoms with Crippen molar-refractivity contribution in [1.29, 1.82) is 0 Å². The summed E-state index contributed by atoms with van der Waals surface area (Å²) in [5, 5.41) is 10.9. The van der Waals surface area contributed by atoms with E-state index in [0.29, 0.717) is 18.1 Å². The van der Waals surface area contributed by atoms with Gasteiger partial charge in [-0.05, 0) is 51.6 Å². The molecule has 1 aromatic heterocycles. The van der Waals surface area contributed by atoms with Gasteiger partial charge in [-0.15, -0.1) is 0 Å². The van der Waals surface area contributed by atoms with E-state index in [0.717, 1.165) is 62.1 Å². The first-order chi connectivity index (χ1) is 13.9. The molecule has 0 bridgehead atoms. The zero-order valence-corrected chi connectivity index (χ0v) is 17.7. The van der Waals surface area contributed by atoms with Crippen LogP contribution in [0.2, 0.25) is 0 Å². The fourth-order valence-electron chi connectivity index (χ4n) is 3.92. The first-order valence-corrected chi connectivity index (χ1v) is 10.3. The van der Waals surface area contributed by atoms with Crippen molar-refractivity contribution < 1.29 is 19.4 Å². The third-order valence-electron chi connectivity index (χ3n) is 5.94. The summed E-state index contributed by atoms with van der Waals surface area (Å²) in [4.78, 5) is 17.3. The number of nitrogens with zero attached hydrogens (tertiary/aromatic N) is 1. The minimum Gasteiger partial charge on any atom is -0.491 e. The number of aromatic nitrogens is 1. The van der Waals surface area contributed by atoms with E-state index in [4.69, 9.17) is 9.47 Å². The number of likely N-dealkylation sites (tertiary alicyclic amines) is 1. The van der Waals surface area contributed by atoms with Crippen molar-refractivity contribution in [3.63, 3.8) is 0 Å². The molecule has 158 valence electrons. The second-order valence-electron chi connectivity index (χ2n) is 7.87. The quantitative estimate of drug-likeness (QED) is 0.523. The Hall–Kier alpha value is -2.31. The van der Waals surface area contributed by atoms with Crippen LogP contribution in [0.5, 0.6) is 5.75 Å². The number of esters is 1. The molecule has 0 aliphatic carbocycles. The van der Waals surface area contributed by atoms with E-state index in [9.17, 15) is 9.90 Å². The van der Waals surface area contributed by atoms with Gasteiger partial charge >= 0.3 is 5.97 Å². The predicted octanol–water partition coefficient (Wildman–Crippen LogP) is 3.56. The van der Waals surface area contributed by atoms with Gasteiger partial charge in [0.05, 0.1) is 19.3 Å². The lowest BCUT2D eigenvalue weighted by Crippen LogP contribution is -2.42. The number of hydrogen-bond donors (Lipinski definition) is 2. The number of benzene rings is 1. The number of carbonyl (C=O) groups excluding carboxylic acids is 1. The van der Waals surface area contributed by atoms with Gasteiger partial charge in [-0.3, -0.25) is 0 Å². The molecule has 2 aromatic rings. The lowest BCUT2D eigenvalue weighted by molar-refractivity contribution is -0.0262. The summed E-state index contributed by atoms with van der Waals surface area (Å²) in [5.74, 6) is 0.190. The Kier molecular flexibility index (Phi) is 6.98. The van der Waals surface area contributed by atoms with E-state index in [1.807, 2.05) is 44.2 Å². The molecule has 2 N–H and O–H groups in total. The van der Waals surface area contributed by atoms with Crippen LogP contribution in [0.3, 0.4) is 0 Å². The molecule has 6 nitrogen and oxygen atoms in total. The summed E-state index contributed by atoms with van der Waals surface area (Å²) >= 11 is 0. The van der Waals surface area contributed by atoms with Gasteiger partial charge in [0.1, 0.15) is 0 Å². The van der Waals surface area contributed by atoms with E-state index in [1.54, 1.807) is 0 Å². The van der Waals surface area contributed by atoms with Crippen LogP contribution in [0.1, 0.15) is 53.0 Å². The molecule has 0 amide bonds. The molecule has 1 aliphatic rings. The summed E-state index contributed by atoms with van der Waals surface area (Å²) in [6, 6.07) is 9.98. The number of methoxy groups -OCH3 is 1. The number of carbonyl (C=O) groups is 1. The Balaban J connectivity index is 1.41. The fourth-order valence-corrected chi connectivity index (χ4v) is 3.92. The van der Waals surface area contributed by atoms with Crippen molar-refractivity contribution in [3.05, 3.63) is 52.8 Å².